The Labute approximate surface area is 177 Å². The van der Waals surface area contributed by atoms with Crippen LogP contribution < -0.4 is 14.8 Å². The smallest absolute Gasteiger partial charge is 0.262 e. The number of anilines is 1. The zero-order valence-electron chi connectivity index (χ0n) is 17.1. The number of amidine groups is 1. The minimum absolute atomic E-state index is 0.0863. The zero-order valence-corrected chi connectivity index (χ0v) is 17.9. The second-order valence-electron chi connectivity index (χ2n) is 7.23. The minimum Gasteiger partial charge on any atom is -0.493 e. The van der Waals surface area contributed by atoms with Gasteiger partial charge in [-0.3, -0.25) is 14.5 Å². The van der Waals surface area contributed by atoms with Crippen LogP contribution in [0.1, 0.15) is 37.7 Å². The van der Waals surface area contributed by atoms with Crippen LogP contribution in [0.25, 0.3) is 0 Å². The second kappa shape index (κ2) is 10.2. The van der Waals surface area contributed by atoms with Crippen molar-refractivity contribution in [2.24, 2.45) is 4.99 Å². The normalized spacial score (nSPS) is 14.4. The van der Waals surface area contributed by atoms with Crippen LogP contribution in [0.5, 0.6) is 5.75 Å². The molecule has 0 saturated heterocycles. The fourth-order valence-electron chi connectivity index (χ4n) is 3.03. The van der Waals surface area contributed by atoms with Crippen molar-refractivity contribution in [3.05, 3.63) is 54.1 Å². The van der Waals surface area contributed by atoms with Gasteiger partial charge in [-0.1, -0.05) is 30.2 Å². The Kier molecular flexibility index (Phi) is 7.46. The summed E-state index contributed by atoms with van der Waals surface area (Å²) >= 11 is 0. The standard InChI is InChI=1S/C22H27N3O4S/c1-17-9-11-19(12-10-17)29-15-13-22(26)24-18-6-5-7-20(16-18)30(27,28)25-21-8-3-2-4-14-23-21/h5-7,9-12,16H,2-4,8,13-15H2,1H3,(H,23,25)(H,24,26). The molecule has 1 heterocycles. The lowest BCUT2D eigenvalue weighted by Crippen LogP contribution is -2.30. The number of nitrogens with zero attached hydrogens (tertiary/aromatic N) is 1. The van der Waals surface area contributed by atoms with Gasteiger partial charge < -0.3 is 10.1 Å². The number of ether oxygens (including phenoxy) is 1. The maximum atomic E-state index is 12.7. The predicted molar refractivity (Wildman–Crippen MR) is 117 cm³/mol. The van der Waals surface area contributed by atoms with Crippen molar-refractivity contribution in [2.45, 2.75) is 43.9 Å². The van der Waals surface area contributed by atoms with E-state index >= 15 is 0 Å². The van der Waals surface area contributed by atoms with Gasteiger partial charge in [0, 0.05) is 18.7 Å². The molecule has 0 fully saturated rings. The third-order valence-electron chi connectivity index (χ3n) is 4.67. The van der Waals surface area contributed by atoms with Crippen LogP contribution in [0.15, 0.2) is 58.4 Å². The van der Waals surface area contributed by atoms with Crippen LogP contribution in [0.3, 0.4) is 0 Å². The first kappa shape index (κ1) is 21.8. The summed E-state index contributed by atoms with van der Waals surface area (Å²) in [5, 5.41) is 2.72. The number of rotatable bonds is 7. The lowest BCUT2D eigenvalue weighted by Gasteiger charge is -2.11. The van der Waals surface area contributed by atoms with E-state index in [1.807, 2.05) is 31.2 Å². The first-order valence-electron chi connectivity index (χ1n) is 10.1. The molecule has 7 nitrogen and oxygen atoms in total. The molecule has 0 atom stereocenters. The highest BCUT2D eigenvalue weighted by Gasteiger charge is 2.18. The Hall–Kier alpha value is -2.87. The maximum Gasteiger partial charge on any atom is 0.262 e. The maximum absolute atomic E-state index is 12.7. The number of amides is 1. The number of hydrogen-bond acceptors (Lipinski definition) is 5. The molecule has 2 aromatic carbocycles. The number of carbonyl (C=O) groups is 1. The summed E-state index contributed by atoms with van der Waals surface area (Å²) in [5.74, 6) is 0.946. The number of sulfonamides is 1. The summed E-state index contributed by atoms with van der Waals surface area (Å²) in [6.45, 7) is 2.86. The Morgan fingerprint density at radius 3 is 2.70 bits per heavy atom. The van der Waals surface area contributed by atoms with Crippen molar-refractivity contribution in [1.82, 2.24) is 4.72 Å². The number of benzene rings is 2. The molecule has 0 saturated carbocycles. The van der Waals surface area contributed by atoms with Crippen molar-refractivity contribution >= 4 is 27.5 Å². The van der Waals surface area contributed by atoms with Crippen LogP contribution in [0.4, 0.5) is 5.69 Å². The van der Waals surface area contributed by atoms with Gasteiger partial charge in [0.15, 0.2) is 0 Å². The molecule has 1 amide bonds. The first-order valence-corrected chi connectivity index (χ1v) is 11.6. The van der Waals surface area contributed by atoms with E-state index in [2.05, 4.69) is 15.0 Å². The highest BCUT2D eigenvalue weighted by molar-refractivity contribution is 7.90. The van der Waals surface area contributed by atoms with Gasteiger partial charge >= 0.3 is 0 Å². The molecule has 30 heavy (non-hydrogen) atoms. The molecule has 8 heteroatoms. The lowest BCUT2D eigenvalue weighted by atomic mass is 10.2. The topological polar surface area (TPSA) is 96.9 Å². The van der Waals surface area contributed by atoms with Crippen molar-refractivity contribution in [3.63, 3.8) is 0 Å². The molecule has 0 aromatic heterocycles. The average molecular weight is 430 g/mol. The summed E-state index contributed by atoms with van der Waals surface area (Å²) in [6, 6.07) is 13.8. The highest BCUT2D eigenvalue weighted by Crippen LogP contribution is 2.17. The van der Waals surface area contributed by atoms with E-state index in [1.165, 1.54) is 12.1 Å². The van der Waals surface area contributed by atoms with E-state index in [-0.39, 0.29) is 23.8 Å². The molecule has 2 N–H and O–H groups in total. The molecule has 0 spiro atoms. The zero-order chi connectivity index (χ0) is 21.4. The van der Waals surface area contributed by atoms with E-state index in [9.17, 15) is 13.2 Å². The van der Waals surface area contributed by atoms with E-state index < -0.39 is 10.0 Å². The number of aryl methyl sites for hydroxylation is 1. The van der Waals surface area contributed by atoms with Gasteiger partial charge in [0.1, 0.15) is 11.6 Å². The van der Waals surface area contributed by atoms with Crippen LogP contribution >= 0.6 is 0 Å². The molecule has 160 valence electrons. The van der Waals surface area contributed by atoms with Gasteiger partial charge in [-0.2, -0.15) is 0 Å². The van der Waals surface area contributed by atoms with Gasteiger partial charge in [-0.15, -0.1) is 0 Å². The van der Waals surface area contributed by atoms with Gasteiger partial charge in [0.2, 0.25) is 5.91 Å². The quantitative estimate of drug-likeness (QED) is 0.702. The van der Waals surface area contributed by atoms with Crippen molar-refractivity contribution < 1.29 is 17.9 Å². The molecule has 2 aromatic rings. The molecule has 0 bridgehead atoms. The fourth-order valence-corrected chi connectivity index (χ4v) is 4.17. The summed E-state index contributed by atoms with van der Waals surface area (Å²) in [6.07, 6.45) is 3.71. The third-order valence-corrected chi connectivity index (χ3v) is 6.05. The van der Waals surface area contributed by atoms with E-state index in [0.717, 1.165) is 24.8 Å². The van der Waals surface area contributed by atoms with E-state index in [0.29, 0.717) is 30.2 Å². The molecule has 3 rings (SSSR count). The largest absolute Gasteiger partial charge is 0.493 e. The van der Waals surface area contributed by atoms with Gasteiger partial charge in [0.25, 0.3) is 10.0 Å². The van der Waals surface area contributed by atoms with Crippen LogP contribution in [0, 0.1) is 6.92 Å². The number of aliphatic imine (C=N–C) groups is 1. The van der Waals surface area contributed by atoms with Crippen LogP contribution in [-0.2, 0) is 14.8 Å². The first-order chi connectivity index (χ1) is 14.4. The van der Waals surface area contributed by atoms with Crippen molar-refractivity contribution in [2.75, 3.05) is 18.5 Å². The molecule has 1 aliphatic heterocycles. The monoisotopic (exact) mass is 429 g/mol. The molecule has 0 radical (unpaired) electrons. The highest BCUT2D eigenvalue weighted by atomic mass is 32.2. The van der Waals surface area contributed by atoms with Gasteiger partial charge in [-0.05, 0) is 50.1 Å². The molecule has 1 aliphatic rings. The Morgan fingerprint density at radius 2 is 1.90 bits per heavy atom. The van der Waals surface area contributed by atoms with E-state index in [1.54, 1.807) is 12.1 Å². The molecular formula is C22H27N3O4S. The summed E-state index contributed by atoms with van der Waals surface area (Å²) in [4.78, 5) is 16.6. The Bertz CT molecular complexity index is 1000. The summed E-state index contributed by atoms with van der Waals surface area (Å²) in [5.41, 5.74) is 1.55. The van der Waals surface area contributed by atoms with Crippen molar-refractivity contribution in [1.29, 1.82) is 0 Å². The lowest BCUT2D eigenvalue weighted by molar-refractivity contribution is -0.116. The van der Waals surface area contributed by atoms with Crippen LogP contribution in [0.2, 0.25) is 0 Å². The van der Waals surface area contributed by atoms with Crippen molar-refractivity contribution in [3.8, 4) is 5.75 Å². The molecular weight excluding hydrogens is 402 g/mol. The van der Waals surface area contributed by atoms with Crippen LogP contribution in [-0.4, -0.2) is 33.3 Å². The summed E-state index contributed by atoms with van der Waals surface area (Å²) in [7, 11) is -3.75. The SMILES string of the molecule is Cc1ccc(OCCC(=O)Nc2cccc(S(=O)(=O)NC3=NCCCCC3)c2)cc1. The van der Waals surface area contributed by atoms with Gasteiger partial charge in [0.05, 0.1) is 17.9 Å². The fraction of sp³-hybridized carbons (Fsp3) is 0.364. The molecule has 0 aliphatic carbocycles. The predicted octanol–water partition coefficient (Wildman–Crippen LogP) is 3.65. The van der Waals surface area contributed by atoms with E-state index in [4.69, 9.17) is 4.74 Å². The minimum atomic E-state index is -3.75. The number of hydrogen-bond donors (Lipinski definition) is 2. The number of carbonyl (C=O) groups excluding carboxylic acids is 1. The average Bonchev–Trinajstić information content (AvgIpc) is 2.98. The Balaban J connectivity index is 1.55. The summed E-state index contributed by atoms with van der Waals surface area (Å²) < 4.78 is 33.5. The molecule has 0 unspecified atom stereocenters. The third kappa shape index (κ3) is 6.59. The Morgan fingerprint density at radius 1 is 1.10 bits per heavy atom. The second-order valence-corrected chi connectivity index (χ2v) is 8.91. The van der Waals surface area contributed by atoms with Gasteiger partial charge in [-0.25, -0.2) is 8.42 Å². The number of nitrogens with one attached hydrogen (secondary N) is 2.